The van der Waals surface area contributed by atoms with Crippen LogP contribution in [0.5, 0.6) is 0 Å². The lowest BCUT2D eigenvalue weighted by Crippen LogP contribution is -2.04. The molecule has 0 saturated heterocycles. The SMILES string of the molecule is C(=C\c1cc(-c2ccccc2)cc(-c2ccccc2)n1)/c1ccc2c(c1)c1ccccc1n2-c1ccc(-c2cccc3c2oc2ccccc23)cc1.c1ccc(-c2nc(Cc3ccc4c(c3)c3ccccc3n4-c3cccc(-c4ccc5c(c4)oc4ccccc45)c3)nc(-c3ccccc3)n2)cc1. The maximum atomic E-state index is 6.35. The summed E-state index contributed by atoms with van der Waals surface area (Å²) in [6.45, 7) is 0. The van der Waals surface area contributed by atoms with Crippen molar-refractivity contribution in [2.45, 2.75) is 6.42 Å². The van der Waals surface area contributed by atoms with Gasteiger partial charge in [-0.05, 0) is 142 Å². The fourth-order valence-corrected chi connectivity index (χ4v) is 14.8. The lowest BCUT2D eigenvalue weighted by Gasteiger charge is -2.11. The maximum absolute atomic E-state index is 6.35. The molecule has 0 N–H and O–H groups in total. The molecule has 6 aromatic heterocycles. The van der Waals surface area contributed by atoms with Crippen molar-refractivity contribution in [2.75, 3.05) is 0 Å². The number of para-hydroxylation sites is 5. The van der Waals surface area contributed by atoms with Crippen LogP contribution in [-0.2, 0) is 6.42 Å². The van der Waals surface area contributed by atoms with E-state index in [0.29, 0.717) is 18.1 Å². The molecular weight excluding hydrogens is 1260 g/mol. The normalized spacial score (nSPS) is 11.7. The first kappa shape index (κ1) is 60.4. The molecule has 14 aromatic carbocycles. The average molecular weight is 1320 g/mol. The summed E-state index contributed by atoms with van der Waals surface area (Å²) in [5.41, 5.74) is 24.5. The molecular formula is C95H62N6O2. The van der Waals surface area contributed by atoms with E-state index in [9.17, 15) is 0 Å². The van der Waals surface area contributed by atoms with Crippen molar-refractivity contribution >= 4 is 99.6 Å². The molecule has 0 radical (unpaired) electrons. The third-order valence-corrected chi connectivity index (χ3v) is 19.7. The third-order valence-electron chi connectivity index (χ3n) is 19.7. The van der Waals surface area contributed by atoms with Gasteiger partial charge in [0.15, 0.2) is 11.6 Å². The molecule has 8 nitrogen and oxygen atoms in total. The smallest absolute Gasteiger partial charge is 0.163 e. The first-order chi connectivity index (χ1) is 51.0. The predicted molar refractivity (Wildman–Crippen MR) is 425 cm³/mol. The van der Waals surface area contributed by atoms with Crippen LogP contribution in [0.25, 0.3) is 178 Å². The van der Waals surface area contributed by atoms with Gasteiger partial charge in [0.05, 0.1) is 33.5 Å². The average Bonchev–Trinajstić information content (AvgIpc) is 1.61. The lowest BCUT2D eigenvalue weighted by atomic mass is 10.0. The van der Waals surface area contributed by atoms with Crippen molar-refractivity contribution in [1.82, 2.24) is 29.1 Å². The van der Waals surface area contributed by atoms with Crippen LogP contribution in [-0.4, -0.2) is 29.1 Å². The van der Waals surface area contributed by atoms with E-state index in [1.54, 1.807) is 0 Å². The van der Waals surface area contributed by atoms with Crippen LogP contribution in [0.3, 0.4) is 0 Å². The van der Waals surface area contributed by atoms with Gasteiger partial charge in [-0.1, -0.05) is 261 Å². The Morgan fingerprint density at radius 1 is 0.272 bits per heavy atom. The molecule has 0 amide bonds. The zero-order valence-corrected chi connectivity index (χ0v) is 55.8. The molecule has 484 valence electrons. The molecule has 0 spiro atoms. The third kappa shape index (κ3) is 11.4. The van der Waals surface area contributed by atoms with Crippen molar-refractivity contribution < 1.29 is 8.83 Å². The van der Waals surface area contributed by atoms with E-state index in [1.165, 1.54) is 38.1 Å². The summed E-state index contributed by atoms with van der Waals surface area (Å²) in [4.78, 5) is 19.8. The van der Waals surface area contributed by atoms with Crippen LogP contribution in [0.2, 0.25) is 0 Å². The molecule has 8 heteroatoms. The van der Waals surface area contributed by atoms with Crippen LogP contribution in [0.15, 0.2) is 361 Å². The number of hydrogen-bond donors (Lipinski definition) is 0. The Labute approximate surface area is 593 Å². The number of benzene rings is 14. The minimum Gasteiger partial charge on any atom is -0.456 e. The number of rotatable bonds is 12. The van der Waals surface area contributed by atoms with Gasteiger partial charge >= 0.3 is 0 Å². The quantitative estimate of drug-likeness (QED) is 0.121. The van der Waals surface area contributed by atoms with Gasteiger partial charge in [-0.3, -0.25) is 0 Å². The van der Waals surface area contributed by atoms with Gasteiger partial charge in [-0.2, -0.15) is 0 Å². The Balaban J connectivity index is 0.000000142. The van der Waals surface area contributed by atoms with E-state index in [-0.39, 0.29) is 0 Å². The highest BCUT2D eigenvalue weighted by Gasteiger charge is 2.20. The fraction of sp³-hybridized carbons (Fsp3) is 0.0105. The molecule has 6 heterocycles. The number of nitrogens with zero attached hydrogens (tertiary/aromatic N) is 6. The van der Waals surface area contributed by atoms with Crippen LogP contribution in [0.4, 0.5) is 0 Å². The Bertz CT molecular complexity index is 6510. The first-order valence-corrected chi connectivity index (χ1v) is 34.8. The van der Waals surface area contributed by atoms with Crippen molar-refractivity contribution in [1.29, 1.82) is 0 Å². The molecule has 20 rings (SSSR count). The second kappa shape index (κ2) is 25.8. The van der Waals surface area contributed by atoms with Crippen molar-refractivity contribution in [3.63, 3.8) is 0 Å². The molecule has 0 atom stereocenters. The minimum atomic E-state index is 0.581. The topological polar surface area (TPSA) is 87.7 Å². The number of pyridine rings is 1. The van der Waals surface area contributed by atoms with E-state index in [0.717, 1.165) is 139 Å². The van der Waals surface area contributed by atoms with Crippen LogP contribution in [0, 0.1) is 0 Å². The lowest BCUT2D eigenvalue weighted by molar-refractivity contribution is 0.669. The van der Waals surface area contributed by atoms with Gasteiger partial charge in [0.1, 0.15) is 28.2 Å². The molecule has 0 aliphatic heterocycles. The molecule has 103 heavy (non-hydrogen) atoms. The summed E-state index contributed by atoms with van der Waals surface area (Å²) in [6.07, 6.45) is 4.88. The largest absolute Gasteiger partial charge is 0.456 e. The monoisotopic (exact) mass is 1320 g/mol. The van der Waals surface area contributed by atoms with Gasteiger partial charge in [0, 0.05) is 83.1 Å². The Hall–Kier alpha value is -13.8. The maximum Gasteiger partial charge on any atom is 0.163 e. The zero-order chi connectivity index (χ0) is 68.2. The van der Waals surface area contributed by atoms with E-state index in [4.69, 9.17) is 28.8 Å². The molecule has 0 aliphatic carbocycles. The Morgan fingerprint density at radius 3 is 1.48 bits per heavy atom. The Morgan fingerprint density at radius 2 is 0.786 bits per heavy atom. The van der Waals surface area contributed by atoms with Crippen LogP contribution in [0.1, 0.15) is 22.6 Å². The highest BCUT2D eigenvalue weighted by Crippen LogP contribution is 2.41. The second-order valence-electron chi connectivity index (χ2n) is 26.1. The summed E-state index contributed by atoms with van der Waals surface area (Å²) in [5, 5.41) is 9.39. The van der Waals surface area contributed by atoms with E-state index >= 15 is 0 Å². The molecule has 0 saturated carbocycles. The Kier molecular flexibility index (Phi) is 15.1. The first-order valence-electron chi connectivity index (χ1n) is 34.8. The van der Waals surface area contributed by atoms with Gasteiger partial charge in [-0.25, -0.2) is 19.9 Å². The van der Waals surface area contributed by atoms with Crippen molar-refractivity contribution in [3.8, 4) is 78.8 Å². The van der Waals surface area contributed by atoms with E-state index < -0.39 is 0 Å². The van der Waals surface area contributed by atoms with Gasteiger partial charge in [0.2, 0.25) is 0 Å². The second-order valence-corrected chi connectivity index (χ2v) is 26.1. The number of furan rings is 2. The molecule has 0 aliphatic rings. The van der Waals surface area contributed by atoms with E-state index in [1.807, 2.05) is 91.0 Å². The number of aromatic nitrogens is 6. The summed E-state index contributed by atoms with van der Waals surface area (Å²) in [7, 11) is 0. The number of hydrogen-bond acceptors (Lipinski definition) is 6. The van der Waals surface area contributed by atoms with Crippen LogP contribution < -0.4 is 0 Å². The summed E-state index contributed by atoms with van der Waals surface area (Å²) < 4.78 is 17.3. The summed E-state index contributed by atoms with van der Waals surface area (Å²) >= 11 is 0. The highest BCUT2D eigenvalue weighted by molar-refractivity contribution is 6.12. The summed E-state index contributed by atoms with van der Waals surface area (Å²) in [6, 6.07) is 123. The van der Waals surface area contributed by atoms with Gasteiger partial charge in [-0.15, -0.1) is 0 Å². The van der Waals surface area contributed by atoms with E-state index in [2.05, 4.69) is 282 Å². The van der Waals surface area contributed by atoms with Crippen LogP contribution >= 0.6 is 0 Å². The van der Waals surface area contributed by atoms with Gasteiger partial charge < -0.3 is 18.0 Å². The van der Waals surface area contributed by atoms with Gasteiger partial charge in [0.25, 0.3) is 0 Å². The van der Waals surface area contributed by atoms with Crippen molar-refractivity contribution in [2.24, 2.45) is 0 Å². The summed E-state index contributed by atoms with van der Waals surface area (Å²) in [5.74, 6) is 2.09. The highest BCUT2D eigenvalue weighted by atomic mass is 16.3. The number of fused-ring (bicyclic) bond motifs is 12. The molecule has 0 fully saturated rings. The molecule has 0 bridgehead atoms. The minimum absolute atomic E-state index is 0.581. The zero-order valence-electron chi connectivity index (χ0n) is 55.8. The fourth-order valence-electron chi connectivity index (χ4n) is 14.8. The predicted octanol–water partition coefficient (Wildman–Crippen LogP) is 24.7. The molecule has 0 unspecified atom stereocenters. The standard InChI is InChI=1S/C49H32N2O.C46H30N4O/c1-3-12-34(13-4-1)37-31-38(50-45(32-37)36-14-5-2-6-15-36)26-22-33-23-29-47-44(30-33)41-16-7-9-20-46(41)51(47)39-27-24-35(25-28-39)40-18-11-19-43-42-17-8-10-21-48(42)52-49(40)43;1-3-12-31(13-4-1)45-47-44(48-46(49-45)32-14-5-2-6-15-32)27-30-22-25-41-39(26-30)36-18-7-9-20-40(36)50(41)35-17-11-16-33(28-35)34-23-24-38-37-19-8-10-21-42(37)51-43(38)29-34/h1-32H;1-26,28-29H,27H2/b26-22+;. The van der Waals surface area contributed by atoms with Crippen molar-refractivity contribution in [3.05, 3.63) is 374 Å². The molecule has 20 aromatic rings.